The number of hydrogen-bond donors (Lipinski definition) is 1. The van der Waals surface area contributed by atoms with Crippen molar-refractivity contribution in [2.24, 2.45) is 5.92 Å². The molecule has 0 radical (unpaired) electrons. The van der Waals surface area contributed by atoms with Gasteiger partial charge in [-0.25, -0.2) is 0 Å². The fraction of sp³-hybridized carbons (Fsp3) is 0.533. The zero-order valence-corrected chi connectivity index (χ0v) is 10.3. The van der Waals surface area contributed by atoms with Gasteiger partial charge in [-0.05, 0) is 66.7 Å². The van der Waals surface area contributed by atoms with E-state index in [4.69, 9.17) is 5.73 Å². The first-order valence-corrected chi connectivity index (χ1v) is 6.56. The largest absolute Gasteiger partial charge is 0.398 e. The number of anilines is 1. The van der Waals surface area contributed by atoms with Gasteiger partial charge in [0.05, 0.1) is 11.6 Å². The van der Waals surface area contributed by atoms with E-state index in [1.54, 1.807) is 0 Å². The van der Waals surface area contributed by atoms with Crippen molar-refractivity contribution in [2.75, 3.05) is 5.73 Å². The maximum atomic E-state index is 9.26. The Morgan fingerprint density at radius 2 is 2.06 bits per heavy atom. The third-order valence-corrected chi connectivity index (χ3v) is 4.42. The molecule has 1 saturated carbocycles. The van der Waals surface area contributed by atoms with Crippen LogP contribution in [0.2, 0.25) is 0 Å². The van der Waals surface area contributed by atoms with Crippen LogP contribution in [0, 0.1) is 17.2 Å². The molecule has 1 atom stereocenters. The van der Waals surface area contributed by atoms with E-state index in [9.17, 15) is 5.26 Å². The maximum absolute atomic E-state index is 9.26. The summed E-state index contributed by atoms with van der Waals surface area (Å²) in [6.07, 6.45) is 5.87. The first-order valence-electron chi connectivity index (χ1n) is 6.56. The van der Waals surface area contributed by atoms with Crippen LogP contribution >= 0.6 is 0 Å². The van der Waals surface area contributed by atoms with Gasteiger partial charge in [0.1, 0.15) is 0 Å². The monoisotopic (exact) mass is 226 g/mol. The SMILES string of the molecule is CC(c1cc(C#N)c2c(c1N)CCC2)C1CC1. The number of rotatable bonds is 2. The van der Waals surface area contributed by atoms with Gasteiger partial charge in [-0.15, -0.1) is 0 Å². The normalized spacial score (nSPS) is 19.8. The molecule has 1 aromatic carbocycles. The van der Waals surface area contributed by atoms with Crippen LogP contribution < -0.4 is 5.73 Å². The average molecular weight is 226 g/mol. The minimum absolute atomic E-state index is 0.521. The molecule has 2 N–H and O–H groups in total. The van der Waals surface area contributed by atoms with Gasteiger partial charge in [0.25, 0.3) is 0 Å². The summed E-state index contributed by atoms with van der Waals surface area (Å²) in [5.41, 5.74) is 11.9. The predicted octanol–water partition coefficient (Wildman–Crippen LogP) is 3.14. The van der Waals surface area contributed by atoms with Gasteiger partial charge >= 0.3 is 0 Å². The van der Waals surface area contributed by atoms with Gasteiger partial charge < -0.3 is 5.73 Å². The number of nitrogens with zero attached hydrogens (tertiary/aromatic N) is 1. The molecule has 1 fully saturated rings. The lowest BCUT2D eigenvalue weighted by atomic mass is 9.89. The van der Waals surface area contributed by atoms with Crippen LogP contribution in [0.25, 0.3) is 0 Å². The van der Waals surface area contributed by atoms with Crippen LogP contribution in [-0.2, 0) is 12.8 Å². The van der Waals surface area contributed by atoms with Gasteiger partial charge in [-0.3, -0.25) is 0 Å². The summed E-state index contributed by atoms with van der Waals surface area (Å²) >= 11 is 0. The molecule has 1 aromatic rings. The second kappa shape index (κ2) is 3.77. The highest BCUT2D eigenvalue weighted by molar-refractivity contribution is 5.64. The standard InChI is InChI=1S/C15H18N2/c1-9(10-5-6-10)14-7-11(8-16)12-3-2-4-13(12)15(14)17/h7,9-10H,2-6,17H2,1H3. The molecule has 0 aliphatic heterocycles. The smallest absolute Gasteiger partial charge is 0.0994 e. The molecule has 2 heteroatoms. The fourth-order valence-corrected chi connectivity index (χ4v) is 3.16. The van der Waals surface area contributed by atoms with Crippen LogP contribution in [0.15, 0.2) is 6.07 Å². The van der Waals surface area contributed by atoms with E-state index in [0.29, 0.717) is 5.92 Å². The maximum Gasteiger partial charge on any atom is 0.0994 e. The van der Waals surface area contributed by atoms with E-state index >= 15 is 0 Å². The second-order valence-electron chi connectivity index (χ2n) is 5.48. The summed E-state index contributed by atoms with van der Waals surface area (Å²) < 4.78 is 0. The molecule has 2 aliphatic rings. The Labute approximate surface area is 102 Å². The quantitative estimate of drug-likeness (QED) is 0.787. The van der Waals surface area contributed by atoms with Gasteiger partial charge in [0.15, 0.2) is 0 Å². The van der Waals surface area contributed by atoms with E-state index in [-0.39, 0.29) is 0 Å². The van der Waals surface area contributed by atoms with E-state index in [1.165, 1.54) is 29.5 Å². The second-order valence-corrected chi connectivity index (χ2v) is 5.48. The molecule has 0 saturated heterocycles. The molecule has 2 nitrogen and oxygen atoms in total. The molecule has 17 heavy (non-hydrogen) atoms. The number of benzene rings is 1. The highest BCUT2D eigenvalue weighted by Gasteiger charge is 2.32. The van der Waals surface area contributed by atoms with Crippen LogP contribution in [0.1, 0.15) is 54.4 Å². The Morgan fingerprint density at radius 1 is 1.35 bits per heavy atom. The Hall–Kier alpha value is -1.49. The zero-order valence-electron chi connectivity index (χ0n) is 10.3. The minimum Gasteiger partial charge on any atom is -0.398 e. The van der Waals surface area contributed by atoms with E-state index in [1.807, 2.05) is 0 Å². The molecule has 0 amide bonds. The van der Waals surface area contributed by atoms with Crippen molar-refractivity contribution < 1.29 is 0 Å². The average Bonchev–Trinajstić information content (AvgIpc) is 3.07. The Kier molecular flexibility index (Phi) is 2.36. The third kappa shape index (κ3) is 1.61. The zero-order chi connectivity index (χ0) is 12.0. The molecule has 3 rings (SSSR count). The third-order valence-electron chi connectivity index (χ3n) is 4.42. The lowest BCUT2D eigenvalue weighted by Gasteiger charge is -2.17. The Bertz CT molecular complexity index is 507. The number of hydrogen-bond acceptors (Lipinski definition) is 2. The Morgan fingerprint density at radius 3 is 2.71 bits per heavy atom. The van der Waals surface area contributed by atoms with Crippen LogP contribution in [0.5, 0.6) is 0 Å². The van der Waals surface area contributed by atoms with Crippen molar-refractivity contribution >= 4 is 5.69 Å². The molecule has 0 aromatic heterocycles. The summed E-state index contributed by atoms with van der Waals surface area (Å²) in [6.45, 7) is 2.26. The first kappa shape index (κ1) is 10.7. The lowest BCUT2D eigenvalue weighted by molar-refractivity contribution is 0.665. The number of nitrogen functional groups attached to an aromatic ring is 1. The van der Waals surface area contributed by atoms with Gasteiger partial charge in [0, 0.05) is 5.69 Å². The van der Waals surface area contributed by atoms with Crippen molar-refractivity contribution in [1.82, 2.24) is 0 Å². The van der Waals surface area contributed by atoms with Crippen molar-refractivity contribution in [3.8, 4) is 6.07 Å². The van der Waals surface area contributed by atoms with Gasteiger partial charge in [-0.2, -0.15) is 5.26 Å². The van der Waals surface area contributed by atoms with E-state index in [0.717, 1.165) is 36.4 Å². The van der Waals surface area contributed by atoms with Crippen molar-refractivity contribution in [2.45, 2.75) is 44.9 Å². The highest BCUT2D eigenvalue weighted by atomic mass is 14.6. The van der Waals surface area contributed by atoms with E-state index < -0.39 is 0 Å². The molecule has 0 spiro atoms. The fourth-order valence-electron chi connectivity index (χ4n) is 3.16. The van der Waals surface area contributed by atoms with E-state index in [2.05, 4.69) is 19.1 Å². The molecular weight excluding hydrogens is 208 g/mol. The Balaban J connectivity index is 2.13. The van der Waals surface area contributed by atoms with Gasteiger partial charge in [-0.1, -0.05) is 6.92 Å². The predicted molar refractivity (Wildman–Crippen MR) is 68.7 cm³/mol. The van der Waals surface area contributed by atoms with Crippen LogP contribution in [0.3, 0.4) is 0 Å². The molecular formula is C15H18N2. The lowest BCUT2D eigenvalue weighted by Crippen LogP contribution is -2.06. The first-order chi connectivity index (χ1) is 8.22. The topological polar surface area (TPSA) is 49.8 Å². The summed E-state index contributed by atoms with van der Waals surface area (Å²) in [6, 6.07) is 4.41. The number of nitrogens with two attached hydrogens (primary N) is 1. The summed E-state index contributed by atoms with van der Waals surface area (Å²) in [5, 5.41) is 9.26. The molecule has 0 bridgehead atoms. The summed E-state index contributed by atoms with van der Waals surface area (Å²) in [5.74, 6) is 1.32. The molecule has 0 heterocycles. The van der Waals surface area contributed by atoms with Crippen LogP contribution in [-0.4, -0.2) is 0 Å². The number of fused-ring (bicyclic) bond motifs is 1. The summed E-state index contributed by atoms with van der Waals surface area (Å²) in [4.78, 5) is 0. The number of nitriles is 1. The highest BCUT2D eigenvalue weighted by Crippen LogP contribution is 2.46. The van der Waals surface area contributed by atoms with Crippen molar-refractivity contribution in [1.29, 1.82) is 5.26 Å². The van der Waals surface area contributed by atoms with Gasteiger partial charge in [0.2, 0.25) is 0 Å². The molecule has 88 valence electrons. The molecule has 1 unspecified atom stereocenters. The molecule has 2 aliphatic carbocycles. The van der Waals surface area contributed by atoms with Crippen LogP contribution in [0.4, 0.5) is 5.69 Å². The minimum atomic E-state index is 0.521. The van der Waals surface area contributed by atoms with Crippen molar-refractivity contribution in [3.63, 3.8) is 0 Å². The summed E-state index contributed by atoms with van der Waals surface area (Å²) in [7, 11) is 0. The van der Waals surface area contributed by atoms with Crippen molar-refractivity contribution in [3.05, 3.63) is 28.3 Å².